The Balaban J connectivity index is 1.32. The molecule has 4 saturated heterocycles. The van der Waals surface area contributed by atoms with Gasteiger partial charge in [-0.3, -0.25) is 14.6 Å². The molecule has 6 heterocycles. The number of nitrogens with zero attached hydrogens (tertiary/aromatic N) is 3. The number of aromatic nitrogens is 1. The van der Waals surface area contributed by atoms with E-state index in [1.165, 1.54) is 30.6 Å². The van der Waals surface area contributed by atoms with Gasteiger partial charge in [-0.05, 0) is 63.2 Å². The maximum atomic E-state index is 12.8. The molecule has 2 aromatic heterocycles. The third-order valence-corrected chi connectivity index (χ3v) is 7.55. The summed E-state index contributed by atoms with van der Waals surface area (Å²) in [5.74, 6) is 0.602. The van der Waals surface area contributed by atoms with Crippen molar-refractivity contribution in [1.29, 1.82) is 0 Å². The molecule has 28 heavy (non-hydrogen) atoms. The number of piperidine rings is 4. The molecule has 4 aliphatic heterocycles. The number of carbonyl (C=O) groups is 2. The lowest BCUT2D eigenvalue weighted by Crippen LogP contribution is -2.57. The Morgan fingerprint density at radius 3 is 2.57 bits per heavy atom. The van der Waals surface area contributed by atoms with Crippen molar-refractivity contribution in [3.05, 3.63) is 28.9 Å². The minimum Gasteiger partial charge on any atom is -0.346 e. The van der Waals surface area contributed by atoms with Gasteiger partial charge in [0.15, 0.2) is 0 Å². The molecule has 2 aromatic rings. The van der Waals surface area contributed by atoms with Crippen LogP contribution in [-0.2, 0) is 0 Å². The molecule has 0 aromatic carbocycles. The number of hydrogen-bond donors (Lipinski definition) is 1. The van der Waals surface area contributed by atoms with E-state index in [9.17, 15) is 9.59 Å². The van der Waals surface area contributed by atoms with Crippen LogP contribution in [0.15, 0.2) is 18.3 Å². The van der Waals surface area contributed by atoms with Gasteiger partial charge in [0.05, 0.1) is 4.88 Å². The number of amides is 2. The number of thiophene rings is 1. The first-order valence-electron chi connectivity index (χ1n) is 10.4. The molecule has 0 radical (unpaired) electrons. The fourth-order valence-electron chi connectivity index (χ4n) is 4.79. The molecular weight excluding hydrogens is 372 g/mol. The Morgan fingerprint density at radius 1 is 1.07 bits per heavy atom. The minimum absolute atomic E-state index is 0.0991. The van der Waals surface area contributed by atoms with Crippen LogP contribution in [0.2, 0.25) is 0 Å². The van der Waals surface area contributed by atoms with Gasteiger partial charge in [-0.25, -0.2) is 0 Å². The number of pyridine rings is 1. The summed E-state index contributed by atoms with van der Waals surface area (Å²) in [6.07, 6.45) is 7.45. The predicted molar refractivity (Wildman–Crippen MR) is 110 cm³/mol. The highest BCUT2D eigenvalue weighted by atomic mass is 32.1. The summed E-state index contributed by atoms with van der Waals surface area (Å²) in [7, 11) is 0. The number of nitrogens with one attached hydrogen (secondary N) is 1. The molecule has 4 aliphatic rings. The molecular formula is C21H26N4O2S. The zero-order valence-corrected chi connectivity index (χ0v) is 16.8. The van der Waals surface area contributed by atoms with Gasteiger partial charge in [0.25, 0.3) is 11.8 Å². The summed E-state index contributed by atoms with van der Waals surface area (Å²) in [5.41, 5.74) is 0.447. The summed E-state index contributed by atoms with van der Waals surface area (Å²) in [5, 5.41) is 4.13. The van der Waals surface area contributed by atoms with Crippen molar-refractivity contribution in [1.82, 2.24) is 20.1 Å². The van der Waals surface area contributed by atoms with E-state index in [-0.39, 0.29) is 17.9 Å². The van der Waals surface area contributed by atoms with Crippen molar-refractivity contribution in [2.24, 2.45) is 5.92 Å². The van der Waals surface area contributed by atoms with Gasteiger partial charge in [-0.1, -0.05) is 0 Å². The fourth-order valence-corrected chi connectivity index (χ4v) is 5.83. The van der Waals surface area contributed by atoms with E-state index in [1.54, 1.807) is 6.20 Å². The van der Waals surface area contributed by atoms with Gasteiger partial charge in [0, 0.05) is 42.0 Å². The molecule has 1 unspecified atom stereocenters. The van der Waals surface area contributed by atoms with Gasteiger partial charge in [-0.2, -0.15) is 0 Å². The number of hydrogen-bond acceptors (Lipinski definition) is 5. The highest BCUT2D eigenvalue weighted by Crippen LogP contribution is 2.29. The average molecular weight is 399 g/mol. The fraction of sp³-hybridized carbons (Fsp3) is 0.571. The van der Waals surface area contributed by atoms with Crippen LogP contribution >= 0.6 is 11.3 Å². The van der Waals surface area contributed by atoms with Gasteiger partial charge >= 0.3 is 0 Å². The molecule has 7 heteroatoms. The first-order valence-corrected chi connectivity index (χ1v) is 11.2. The lowest BCUT2D eigenvalue weighted by molar-refractivity contribution is 0.0617. The molecule has 2 bridgehead atoms. The second-order valence-electron chi connectivity index (χ2n) is 8.29. The lowest BCUT2D eigenvalue weighted by atomic mass is 9.84. The van der Waals surface area contributed by atoms with Crippen molar-refractivity contribution in [2.45, 2.75) is 38.1 Å². The van der Waals surface area contributed by atoms with Crippen LogP contribution < -0.4 is 5.32 Å². The third-order valence-electron chi connectivity index (χ3n) is 6.46. The second-order valence-corrected chi connectivity index (χ2v) is 9.37. The standard InChI is InChI=1S/C21H26N4O2S/c26-20(23-17-13-24-8-4-14(17)5-9-24)16-11-18-15(12-22-16)10-19(28-18)21(27)25-6-2-1-3-7-25/h10-12,14,17H,1-9,13H2,(H,23,26). The molecule has 1 N–H and O–H groups in total. The van der Waals surface area contributed by atoms with Gasteiger partial charge in [-0.15, -0.1) is 11.3 Å². The van der Waals surface area contributed by atoms with Crippen LogP contribution in [0.1, 0.15) is 52.3 Å². The van der Waals surface area contributed by atoms with E-state index in [4.69, 9.17) is 0 Å². The van der Waals surface area contributed by atoms with Crippen molar-refractivity contribution < 1.29 is 9.59 Å². The largest absolute Gasteiger partial charge is 0.346 e. The smallest absolute Gasteiger partial charge is 0.270 e. The maximum Gasteiger partial charge on any atom is 0.270 e. The Labute approximate surface area is 168 Å². The summed E-state index contributed by atoms with van der Waals surface area (Å²) in [6.45, 7) is 4.96. The van der Waals surface area contributed by atoms with E-state index < -0.39 is 0 Å². The van der Waals surface area contributed by atoms with E-state index in [1.807, 2.05) is 17.0 Å². The molecule has 0 aliphatic carbocycles. The molecule has 4 fully saturated rings. The Hall–Kier alpha value is -1.99. The van der Waals surface area contributed by atoms with Crippen molar-refractivity contribution in [3.8, 4) is 0 Å². The molecule has 1 atom stereocenters. The lowest BCUT2D eigenvalue weighted by Gasteiger charge is -2.44. The average Bonchev–Trinajstić information content (AvgIpc) is 3.18. The van der Waals surface area contributed by atoms with Crippen molar-refractivity contribution >= 4 is 33.2 Å². The quantitative estimate of drug-likeness (QED) is 0.863. The van der Waals surface area contributed by atoms with Gasteiger partial charge in [0.1, 0.15) is 5.69 Å². The Morgan fingerprint density at radius 2 is 1.86 bits per heavy atom. The van der Waals surface area contributed by atoms with Crippen LogP contribution in [0.5, 0.6) is 0 Å². The molecule has 2 amide bonds. The van der Waals surface area contributed by atoms with Crippen LogP contribution in [0.25, 0.3) is 10.1 Å². The van der Waals surface area contributed by atoms with Gasteiger partial charge < -0.3 is 15.1 Å². The van der Waals surface area contributed by atoms with Crippen LogP contribution in [0.3, 0.4) is 0 Å². The summed E-state index contributed by atoms with van der Waals surface area (Å²) in [4.78, 5) is 35.0. The first kappa shape index (κ1) is 18.1. The zero-order valence-electron chi connectivity index (χ0n) is 16.0. The predicted octanol–water partition coefficient (Wildman–Crippen LogP) is 2.75. The molecule has 0 spiro atoms. The monoisotopic (exact) mass is 398 g/mol. The second kappa shape index (κ2) is 7.44. The zero-order chi connectivity index (χ0) is 19.1. The van der Waals surface area contributed by atoms with Crippen LogP contribution in [-0.4, -0.2) is 65.4 Å². The molecule has 6 rings (SSSR count). The van der Waals surface area contributed by atoms with Gasteiger partial charge in [0.2, 0.25) is 0 Å². The highest BCUT2D eigenvalue weighted by Gasteiger charge is 2.35. The highest BCUT2D eigenvalue weighted by molar-refractivity contribution is 7.20. The van der Waals surface area contributed by atoms with E-state index in [2.05, 4.69) is 15.2 Å². The SMILES string of the molecule is O=C(NC1CN2CCC1CC2)c1cc2sc(C(=O)N3CCCCC3)cc2cn1. The normalized spacial score (nSPS) is 27.1. The number of carbonyl (C=O) groups excluding carboxylic acids is 2. The molecule has 0 saturated carbocycles. The van der Waals surface area contributed by atoms with Crippen molar-refractivity contribution in [3.63, 3.8) is 0 Å². The number of fused-ring (bicyclic) bond motifs is 4. The Bertz CT molecular complexity index is 897. The Kier molecular flexibility index (Phi) is 4.80. The third kappa shape index (κ3) is 3.42. The maximum absolute atomic E-state index is 12.8. The van der Waals surface area contributed by atoms with E-state index in [0.717, 1.165) is 60.5 Å². The summed E-state index contributed by atoms with van der Waals surface area (Å²) in [6, 6.07) is 3.98. The first-order chi connectivity index (χ1) is 13.7. The number of rotatable bonds is 3. The topological polar surface area (TPSA) is 65.5 Å². The van der Waals surface area contributed by atoms with Crippen molar-refractivity contribution in [2.75, 3.05) is 32.7 Å². The van der Waals surface area contributed by atoms with E-state index in [0.29, 0.717) is 11.6 Å². The van der Waals surface area contributed by atoms with E-state index >= 15 is 0 Å². The minimum atomic E-state index is -0.0991. The van der Waals surface area contributed by atoms with Crippen LogP contribution in [0.4, 0.5) is 0 Å². The molecule has 6 nitrogen and oxygen atoms in total. The summed E-state index contributed by atoms with van der Waals surface area (Å²) >= 11 is 1.47. The summed E-state index contributed by atoms with van der Waals surface area (Å²) < 4.78 is 0.953. The molecule has 148 valence electrons. The van der Waals surface area contributed by atoms with Crippen LogP contribution in [0, 0.1) is 5.92 Å². The number of likely N-dealkylation sites (tertiary alicyclic amines) is 1.